The Labute approximate surface area is 78.2 Å². The molecule has 1 aromatic heterocycles. The average molecular weight is 172 g/mol. The van der Waals surface area contributed by atoms with Crippen LogP contribution in [-0.4, -0.2) is 4.98 Å². The van der Waals surface area contributed by atoms with Crippen molar-refractivity contribution in [2.45, 2.75) is 32.1 Å². The molecule has 0 saturated heterocycles. The normalized spacial score (nSPS) is 15.4. The number of nitrogens with zero attached hydrogens (tertiary/aromatic N) is 2. The van der Waals surface area contributed by atoms with Gasteiger partial charge < -0.3 is 0 Å². The van der Waals surface area contributed by atoms with Gasteiger partial charge in [-0.15, -0.1) is 0 Å². The van der Waals surface area contributed by atoms with Crippen molar-refractivity contribution in [3.8, 4) is 6.07 Å². The lowest BCUT2D eigenvalue weighted by Gasteiger charge is -2.03. The highest BCUT2D eigenvalue weighted by molar-refractivity contribution is 5.31. The topological polar surface area (TPSA) is 36.7 Å². The van der Waals surface area contributed by atoms with E-state index in [0.717, 1.165) is 11.6 Å². The number of pyridine rings is 1. The van der Waals surface area contributed by atoms with Crippen LogP contribution < -0.4 is 0 Å². The van der Waals surface area contributed by atoms with E-state index in [0.29, 0.717) is 6.42 Å². The lowest BCUT2D eigenvalue weighted by atomic mass is 10.1. The summed E-state index contributed by atoms with van der Waals surface area (Å²) in [6, 6.07) is 4.15. The van der Waals surface area contributed by atoms with Crippen LogP contribution in [0.3, 0.4) is 0 Å². The SMILES string of the molecule is Cc1cc(CC#N)ncc1C1CC1. The van der Waals surface area contributed by atoms with Crippen LogP contribution in [-0.2, 0) is 6.42 Å². The first-order chi connectivity index (χ1) is 6.31. The smallest absolute Gasteiger partial charge is 0.0774 e. The van der Waals surface area contributed by atoms with Crippen LogP contribution in [0.5, 0.6) is 0 Å². The molecule has 1 aliphatic rings. The third kappa shape index (κ3) is 1.70. The third-order valence-corrected chi connectivity index (χ3v) is 2.49. The summed E-state index contributed by atoms with van der Waals surface area (Å²) in [5.41, 5.74) is 3.56. The Hall–Kier alpha value is -1.36. The Morgan fingerprint density at radius 3 is 2.92 bits per heavy atom. The van der Waals surface area contributed by atoms with Gasteiger partial charge in [0.15, 0.2) is 0 Å². The molecule has 0 bridgehead atoms. The Kier molecular flexibility index (Phi) is 2.02. The van der Waals surface area contributed by atoms with Crippen molar-refractivity contribution >= 4 is 0 Å². The number of hydrogen-bond acceptors (Lipinski definition) is 2. The summed E-state index contributed by atoms with van der Waals surface area (Å²) in [4.78, 5) is 4.27. The van der Waals surface area contributed by atoms with Crippen LogP contribution in [0.4, 0.5) is 0 Å². The summed E-state index contributed by atoms with van der Waals surface area (Å²) in [7, 11) is 0. The van der Waals surface area contributed by atoms with E-state index in [1.807, 2.05) is 12.3 Å². The Morgan fingerprint density at radius 1 is 1.62 bits per heavy atom. The Balaban J connectivity index is 2.27. The van der Waals surface area contributed by atoms with Crippen LogP contribution >= 0.6 is 0 Å². The highest BCUT2D eigenvalue weighted by Crippen LogP contribution is 2.41. The molecule has 0 N–H and O–H groups in total. The van der Waals surface area contributed by atoms with Gasteiger partial charge in [0, 0.05) is 6.20 Å². The van der Waals surface area contributed by atoms with Gasteiger partial charge in [0.25, 0.3) is 0 Å². The second-order valence-electron chi connectivity index (χ2n) is 3.64. The molecule has 0 aliphatic heterocycles. The molecule has 2 rings (SSSR count). The van der Waals surface area contributed by atoms with Gasteiger partial charge in [-0.1, -0.05) is 0 Å². The standard InChI is InChI=1S/C11H12N2/c1-8-6-10(4-5-12)13-7-11(8)9-2-3-9/h6-7,9H,2-4H2,1H3. The van der Waals surface area contributed by atoms with Crippen molar-refractivity contribution in [2.24, 2.45) is 0 Å². The summed E-state index contributed by atoms with van der Waals surface area (Å²) in [5, 5.41) is 8.51. The first kappa shape index (κ1) is 8.25. The minimum atomic E-state index is 0.422. The molecule has 0 aromatic carbocycles. The zero-order valence-electron chi connectivity index (χ0n) is 7.75. The fourth-order valence-electron chi connectivity index (χ4n) is 1.62. The van der Waals surface area contributed by atoms with Crippen molar-refractivity contribution in [1.82, 2.24) is 4.98 Å². The zero-order valence-corrected chi connectivity index (χ0v) is 7.75. The summed E-state index contributed by atoms with van der Waals surface area (Å²) in [6.45, 7) is 2.11. The number of hydrogen-bond donors (Lipinski definition) is 0. The Morgan fingerprint density at radius 2 is 2.38 bits per heavy atom. The summed E-state index contributed by atoms with van der Waals surface area (Å²) in [5.74, 6) is 0.753. The average Bonchev–Trinajstić information content (AvgIpc) is 2.88. The van der Waals surface area contributed by atoms with Crippen molar-refractivity contribution in [1.29, 1.82) is 5.26 Å². The molecule has 1 saturated carbocycles. The van der Waals surface area contributed by atoms with E-state index in [1.54, 1.807) is 0 Å². The molecule has 0 spiro atoms. The third-order valence-electron chi connectivity index (χ3n) is 2.49. The molecule has 0 unspecified atom stereocenters. The largest absolute Gasteiger partial charge is 0.260 e. The second-order valence-corrected chi connectivity index (χ2v) is 3.64. The van der Waals surface area contributed by atoms with Crippen LogP contribution in [0, 0.1) is 18.3 Å². The van der Waals surface area contributed by atoms with Gasteiger partial charge in [-0.25, -0.2) is 0 Å². The van der Waals surface area contributed by atoms with Crippen LogP contribution in [0.1, 0.15) is 35.6 Å². The van der Waals surface area contributed by atoms with E-state index in [1.165, 1.54) is 24.0 Å². The second kappa shape index (κ2) is 3.18. The molecule has 66 valence electrons. The van der Waals surface area contributed by atoms with Gasteiger partial charge >= 0.3 is 0 Å². The fourth-order valence-corrected chi connectivity index (χ4v) is 1.62. The molecule has 1 aliphatic carbocycles. The molecular formula is C11H12N2. The summed E-state index contributed by atoms with van der Waals surface area (Å²) >= 11 is 0. The Bertz CT molecular complexity index is 359. The first-order valence-electron chi connectivity index (χ1n) is 4.63. The molecule has 13 heavy (non-hydrogen) atoms. The van der Waals surface area contributed by atoms with Crippen molar-refractivity contribution in [3.63, 3.8) is 0 Å². The van der Waals surface area contributed by atoms with Gasteiger partial charge in [0.05, 0.1) is 18.2 Å². The van der Waals surface area contributed by atoms with Crippen molar-refractivity contribution in [2.75, 3.05) is 0 Å². The summed E-state index contributed by atoms with van der Waals surface area (Å²) in [6.07, 6.45) is 4.98. The van der Waals surface area contributed by atoms with E-state index in [-0.39, 0.29) is 0 Å². The van der Waals surface area contributed by atoms with Crippen molar-refractivity contribution in [3.05, 3.63) is 29.1 Å². The van der Waals surface area contributed by atoms with Gasteiger partial charge in [-0.05, 0) is 42.9 Å². The molecule has 0 radical (unpaired) electrons. The van der Waals surface area contributed by atoms with Gasteiger partial charge in [0.2, 0.25) is 0 Å². The van der Waals surface area contributed by atoms with Crippen LogP contribution in [0.2, 0.25) is 0 Å². The maximum Gasteiger partial charge on any atom is 0.0774 e. The zero-order chi connectivity index (χ0) is 9.26. The number of rotatable bonds is 2. The van der Waals surface area contributed by atoms with Crippen LogP contribution in [0.25, 0.3) is 0 Å². The van der Waals surface area contributed by atoms with E-state index in [4.69, 9.17) is 5.26 Å². The maximum atomic E-state index is 8.51. The number of aromatic nitrogens is 1. The van der Waals surface area contributed by atoms with E-state index < -0.39 is 0 Å². The fraction of sp³-hybridized carbons (Fsp3) is 0.455. The minimum absolute atomic E-state index is 0.422. The maximum absolute atomic E-state index is 8.51. The molecule has 1 fully saturated rings. The molecule has 0 atom stereocenters. The molecule has 1 heterocycles. The highest BCUT2D eigenvalue weighted by atomic mass is 14.7. The molecular weight excluding hydrogens is 160 g/mol. The molecule has 2 nitrogen and oxygen atoms in total. The van der Waals surface area contributed by atoms with Gasteiger partial charge in [-0.3, -0.25) is 4.98 Å². The predicted octanol–water partition coefficient (Wildman–Crippen LogP) is 2.33. The molecule has 1 aromatic rings. The minimum Gasteiger partial charge on any atom is -0.260 e. The van der Waals surface area contributed by atoms with E-state index in [9.17, 15) is 0 Å². The van der Waals surface area contributed by atoms with Crippen LogP contribution in [0.15, 0.2) is 12.3 Å². The highest BCUT2D eigenvalue weighted by Gasteiger charge is 2.25. The predicted molar refractivity (Wildman–Crippen MR) is 50.3 cm³/mol. The quantitative estimate of drug-likeness (QED) is 0.686. The first-order valence-corrected chi connectivity index (χ1v) is 4.63. The monoisotopic (exact) mass is 172 g/mol. The number of aryl methyl sites for hydroxylation is 1. The molecule has 0 amide bonds. The lowest BCUT2D eigenvalue weighted by molar-refractivity contribution is 1.02. The summed E-state index contributed by atoms with van der Waals surface area (Å²) < 4.78 is 0. The number of nitriles is 1. The lowest BCUT2D eigenvalue weighted by Crippen LogP contribution is -1.93. The van der Waals surface area contributed by atoms with Gasteiger partial charge in [-0.2, -0.15) is 5.26 Å². The van der Waals surface area contributed by atoms with E-state index >= 15 is 0 Å². The van der Waals surface area contributed by atoms with E-state index in [2.05, 4.69) is 18.0 Å². The van der Waals surface area contributed by atoms with Gasteiger partial charge in [0.1, 0.15) is 0 Å². The van der Waals surface area contributed by atoms with Crippen molar-refractivity contribution < 1.29 is 0 Å². The molecule has 2 heteroatoms.